The minimum atomic E-state index is -3.62. The van der Waals surface area contributed by atoms with Crippen LogP contribution in [0.1, 0.15) is 12.0 Å². The lowest BCUT2D eigenvalue weighted by Gasteiger charge is -2.19. The molecule has 1 aromatic carbocycles. The van der Waals surface area contributed by atoms with Crippen LogP contribution in [0.15, 0.2) is 12.1 Å². The van der Waals surface area contributed by atoms with Gasteiger partial charge in [0.2, 0.25) is 15.9 Å². The van der Waals surface area contributed by atoms with Gasteiger partial charge in [-0.3, -0.25) is 4.79 Å². The number of hydrogen-bond acceptors (Lipinski definition) is 4. The van der Waals surface area contributed by atoms with Crippen molar-refractivity contribution >= 4 is 33.2 Å². The number of anilines is 1. The molecule has 3 N–H and O–H groups in total. The molecule has 1 amide bonds. The number of benzene rings is 1. The van der Waals surface area contributed by atoms with Crippen LogP contribution in [0.3, 0.4) is 0 Å². The van der Waals surface area contributed by atoms with Gasteiger partial charge in [0.05, 0.1) is 11.4 Å². The van der Waals surface area contributed by atoms with Gasteiger partial charge in [0.25, 0.3) is 0 Å². The average molecular weight is 319 g/mol. The predicted octanol–water partition coefficient (Wildman–Crippen LogP) is 0.995. The zero-order chi connectivity index (χ0) is 15.1. The predicted molar refractivity (Wildman–Crippen MR) is 76.3 cm³/mol. The second-order valence-electron chi connectivity index (χ2n) is 4.97. The zero-order valence-corrected chi connectivity index (χ0v) is 12.4. The molecule has 1 aromatic rings. The van der Waals surface area contributed by atoms with Gasteiger partial charge < -0.3 is 10.0 Å². The summed E-state index contributed by atoms with van der Waals surface area (Å²) in [6, 6.07) is 3.28. The molecular weight excluding hydrogens is 304 g/mol. The molecule has 2 rings (SSSR count). The Balaban J connectivity index is 2.27. The minimum Gasteiger partial charge on any atom is -0.506 e. The Bertz CT molecular complexity index is 660. The maximum atomic E-state index is 12.0. The summed E-state index contributed by atoms with van der Waals surface area (Å²) in [6.07, 6.45) is 0.0986. The lowest BCUT2D eigenvalue weighted by molar-refractivity contribution is -0.117. The summed E-state index contributed by atoms with van der Waals surface area (Å²) >= 11 is 6.04. The quantitative estimate of drug-likeness (QED) is 0.868. The summed E-state index contributed by atoms with van der Waals surface area (Å²) in [5.41, 5.74) is 0.989. The van der Waals surface area contributed by atoms with Crippen molar-refractivity contribution in [2.75, 3.05) is 17.2 Å². The Kier molecular flexibility index (Phi) is 3.95. The van der Waals surface area contributed by atoms with Gasteiger partial charge in [-0.05, 0) is 18.6 Å². The molecule has 0 radical (unpaired) electrons. The standard InChI is InChI=1S/C12H15ClN2O4S/c1-7-2-3-9(11(13)12(7)17)15-5-8(4-10(15)16)6-20(14,18)19/h2-3,8,17H,4-6H2,1H3,(H2,14,18,19). The fraction of sp³-hybridized carbons (Fsp3) is 0.417. The van der Waals surface area contributed by atoms with E-state index in [0.717, 1.165) is 0 Å². The molecule has 0 aromatic heterocycles. The van der Waals surface area contributed by atoms with Crippen LogP contribution < -0.4 is 10.0 Å². The van der Waals surface area contributed by atoms with E-state index in [-0.39, 0.29) is 41.3 Å². The third-order valence-electron chi connectivity index (χ3n) is 3.26. The number of primary sulfonamides is 1. The van der Waals surface area contributed by atoms with E-state index in [9.17, 15) is 18.3 Å². The Morgan fingerprint density at radius 3 is 2.75 bits per heavy atom. The van der Waals surface area contributed by atoms with Gasteiger partial charge in [-0.2, -0.15) is 0 Å². The first kappa shape index (κ1) is 15.1. The van der Waals surface area contributed by atoms with Gasteiger partial charge in [-0.1, -0.05) is 17.7 Å². The number of aryl methyl sites for hydroxylation is 1. The van der Waals surface area contributed by atoms with Crippen LogP contribution in [0.4, 0.5) is 5.69 Å². The number of carbonyl (C=O) groups is 1. The summed E-state index contributed by atoms with van der Waals surface area (Å²) in [5, 5.41) is 14.9. The van der Waals surface area contributed by atoms with Gasteiger partial charge >= 0.3 is 0 Å². The summed E-state index contributed by atoms with van der Waals surface area (Å²) in [6.45, 7) is 1.91. The Morgan fingerprint density at radius 2 is 2.15 bits per heavy atom. The number of aromatic hydroxyl groups is 1. The number of rotatable bonds is 3. The maximum Gasteiger partial charge on any atom is 0.227 e. The number of carbonyl (C=O) groups excluding carboxylic acids is 1. The first-order chi connectivity index (χ1) is 9.19. The van der Waals surface area contributed by atoms with Crippen molar-refractivity contribution in [1.29, 1.82) is 0 Å². The van der Waals surface area contributed by atoms with Crippen molar-refractivity contribution in [2.24, 2.45) is 11.1 Å². The molecule has 1 unspecified atom stereocenters. The fourth-order valence-electron chi connectivity index (χ4n) is 2.31. The molecule has 8 heteroatoms. The summed E-state index contributed by atoms with van der Waals surface area (Å²) in [4.78, 5) is 13.4. The fourth-order valence-corrected chi connectivity index (χ4v) is 3.51. The van der Waals surface area contributed by atoms with Crippen molar-refractivity contribution in [2.45, 2.75) is 13.3 Å². The number of sulfonamides is 1. The van der Waals surface area contributed by atoms with Crippen molar-refractivity contribution < 1.29 is 18.3 Å². The van der Waals surface area contributed by atoms with Gasteiger partial charge in [0.1, 0.15) is 10.8 Å². The lowest BCUT2D eigenvalue weighted by Crippen LogP contribution is -2.27. The highest BCUT2D eigenvalue weighted by Crippen LogP contribution is 2.38. The highest BCUT2D eigenvalue weighted by molar-refractivity contribution is 7.89. The first-order valence-electron chi connectivity index (χ1n) is 5.98. The first-order valence-corrected chi connectivity index (χ1v) is 8.07. The van der Waals surface area contributed by atoms with E-state index in [1.165, 1.54) is 4.90 Å². The highest BCUT2D eigenvalue weighted by atomic mass is 35.5. The second kappa shape index (κ2) is 5.23. The zero-order valence-electron chi connectivity index (χ0n) is 10.8. The molecule has 1 saturated heterocycles. The molecular formula is C12H15ClN2O4S. The van der Waals surface area contributed by atoms with E-state index in [1.54, 1.807) is 19.1 Å². The van der Waals surface area contributed by atoms with E-state index >= 15 is 0 Å². The third kappa shape index (κ3) is 3.05. The van der Waals surface area contributed by atoms with Crippen LogP contribution in [0, 0.1) is 12.8 Å². The smallest absolute Gasteiger partial charge is 0.227 e. The third-order valence-corrected chi connectivity index (χ3v) is 4.57. The van der Waals surface area contributed by atoms with E-state index in [0.29, 0.717) is 11.3 Å². The molecule has 1 heterocycles. The van der Waals surface area contributed by atoms with Crippen LogP contribution in [0.5, 0.6) is 5.75 Å². The van der Waals surface area contributed by atoms with Gasteiger partial charge in [0, 0.05) is 18.9 Å². The van der Waals surface area contributed by atoms with E-state index < -0.39 is 10.0 Å². The number of phenols is 1. The van der Waals surface area contributed by atoms with Gasteiger partial charge in [-0.25, -0.2) is 13.6 Å². The minimum absolute atomic E-state index is 0.0770. The van der Waals surface area contributed by atoms with Crippen molar-refractivity contribution in [3.8, 4) is 5.75 Å². The SMILES string of the molecule is Cc1ccc(N2CC(CS(N)(=O)=O)CC2=O)c(Cl)c1O. The van der Waals surface area contributed by atoms with E-state index in [2.05, 4.69) is 0 Å². The number of nitrogens with zero attached hydrogens (tertiary/aromatic N) is 1. The van der Waals surface area contributed by atoms with Crippen molar-refractivity contribution in [3.05, 3.63) is 22.7 Å². The molecule has 1 aliphatic heterocycles. The molecule has 0 aliphatic carbocycles. The lowest BCUT2D eigenvalue weighted by atomic mass is 10.1. The number of amides is 1. The molecule has 110 valence electrons. The van der Waals surface area contributed by atoms with Gasteiger partial charge in [-0.15, -0.1) is 0 Å². The van der Waals surface area contributed by atoms with Crippen molar-refractivity contribution in [1.82, 2.24) is 0 Å². The average Bonchev–Trinajstić information content (AvgIpc) is 2.65. The van der Waals surface area contributed by atoms with E-state index in [1.807, 2.05) is 0 Å². The maximum absolute atomic E-state index is 12.0. The van der Waals surface area contributed by atoms with Gasteiger partial charge in [0.15, 0.2) is 0 Å². The Labute approximate surface area is 122 Å². The molecule has 0 bridgehead atoms. The normalized spacial score (nSPS) is 19.6. The molecule has 6 nitrogen and oxygen atoms in total. The van der Waals surface area contributed by atoms with Crippen LogP contribution >= 0.6 is 11.6 Å². The van der Waals surface area contributed by atoms with Crippen LogP contribution in [0.2, 0.25) is 5.02 Å². The number of nitrogens with two attached hydrogens (primary N) is 1. The Morgan fingerprint density at radius 1 is 1.50 bits per heavy atom. The summed E-state index contributed by atoms with van der Waals surface area (Å²) in [5.74, 6) is -0.919. The molecule has 0 spiro atoms. The van der Waals surface area contributed by atoms with Crippen molar-refractivity contribution in [3.63, 3.8) is 0 Å². The molecule has 1 aliphatic rings. The van der Waals surface area contributed by atoms with Crippen LogP contribution in [0.25, 0.3) is 0 Å². The summed E-state index contributed by atoms with van der Waals surface area (Å²) < 4.78 is 22.2. The molecule has 0 saturated carbocycles. The summed E-state index contributed by atoms with van der Waals surface area (Å²) in [7, 11) is -3.62. The van der Waals surface area contributed by atoms with Crippen LogP contribution in [-0.4, -0.2) is 31.7 Å². The monoisotopic (exact) mass is 318 g/mol. The molecule has 20 heavy (non-hydrogen) atoms. The number of phenolic OH excluding ortho intramolecular Hbond substituents is 1. The Hall–Kier alpha value is -1.31. The number of halogens is 1. The molecule has 1 fully saturated rings. The second-order valence-corrected chi connectivity index (χ2v) is 7.01. The highest BCUT2D eigenvalue weighted by Gasteiger charge is 2.34. The number of hydrogen-bond donors (Lipinski definition) is 2. The van der Waals surface area contributed by atoms with Crippen LogP contribution in [-0.2, 0) is 14.8 Å². The molecule has 1 atom stereocenters. The largest absolute Gasteiger partial charge is 0.506 e. The van der Waals surface area contributed by atoms with E-state index in [4.69, 9.17) is 16.7 Å². The topological polar surface area (TPSA) is 101 Å².